The van der Waals surface area contributed by atoms with Gasteiger partial charge in [-0.1, -0.05) is 78.9 Å². The molecule has 0 heterocycles. The normalized spacial score (nSPS) is 12.2. The van der Waals surface area contributed by atoms with E-state index in [2.05, 4.69) is 29.6 Å². The van der Waals surface area contributed by atoms with Crippen LogP contribution in [0.5, 0.6) is 0 Å². The molecule has 4 aromatic rings. The summed E-state index contributed by atoms with van der Waals surface area (Å²) in [5, 5.41) is 7.58. The first-order chi connectivity index (χ1) is 12.2. The van der Waals surface area contributed by atoms with E-state index in [0.29, 0.717) is 5.56 Å². The van der Waals surface area contributed by atoms with Gasteiger partial charge >= 0.3 is 0 Å². The van der Waals surface area contributed by atoms with Crippen LogP contribution in [0.15, 0.2) is 84.9 Å². The molecule has 0 bridgehead atoms. The zero-order chi connectivity index (χ0) is 17.2. The number of nitrogens with one attached hydrogen (secondary N) is 1. The summed E-state index contributed by atoms with van der Waals surface area (Å²) in [6, 6.07) is 28.2. The van der Waals surface area contributed by atoms with Gasteiger partial charge in [-0.3, -0.25) is 4.79 Å². The summed E-state index contributed by atoms with van der Waals surface area (Å²) in [5.41, 5.74) is 1.84. The van der Waals surface area contributed by atoms with E-state index < -0.39 is 0 Å². The number of rotatable bonds is 3. The first kappa shape index (κ1) is 15.4. The Morgan fingerprint density at radius 2 is 1.28 bits per heavy atom. The molecular weight excluding hydrogens is 306 g/mol. The third-order valence-electron chi connectivity index (χ3n) is 4.67. The molecule has 2 nitrogen and oxygen atoms in total. The lowest BCUT2D eigenvalue weighted by molar-refractivity contribution is 0.0942. The van der Waals surface area contributed by atoms with Crippen LogP contribution in [-0.2, 0) is 0 Å². The Labute approximate surface area is 147 Å². The molecule has 0 aromatic heterocycles. The molecule has 0 aliphatic rings. The molecule has 1 N–H and O–H groups in total. The predicted molar refractivity (Wildman–Crippen MR) is 104 cm³/mol. The largest absolute Gasteiger partial charge is 0.345 e. The van der Waals surface area contributed by atoms with Crippen molar-refractivity contribution in [1.82, 2.24) is 5.32 Å². The highest BCUT2D eigenvalue weighted by atomic mass is 16.1. The lowest BCUT2D eigenvalue weighted by Crippen LogP contribution is -2.27. The van der Waals surface area contributed by atoms with E-state index in [-0.39, 0.29) is 11.9 Å². The van der Waals surface area contributed by atoms with E-state index in [0.717, 1.165) is 16.3 Å². The van der Waals surface area contributed by atoms with Gasteiger partial charge in [0.2, 0.25) is 0 Å². The topological polar surface area (TPSA) is 29.1 Å². The second-order valence-electron chi connectivity index (χ2n) is 6.29. The minimum atomic E-state index is -0.0717. The minimum absolute atomic E-state index is 0.0442. The molecule has 1 amide bonds. The summed E-state index contributed by atoms with van der Waals surface area (Å²) in [4.78, 5) is 12.9. The summed E-state index contributed by atoms with van der Waals surface area (Å²) in [5.74, 6) is -0.0442. The van der Waals surface area contributed by atoms with Crippen LogP contribution < -0.4 is 5.32 Å². The number of carbonyl (C=O) groups is 1. The molecule has 0 radical (unpaired) electrons. The molecular formula is C23H19NO. The fraction of sp³-hybridized carbons (Fsp3) is 0.0870. The third kappa shape index (κ3) is 2.87. The molecule has 25 heavy (non-hydrogen) atoms. The molecule has 0 fully saturated rings. The summed E-state index contributed by atoms with van der Waals surface area (Å²) < 4.78 is 0. The second kappa shape index (κ2) is 6.40. The van der Waals surface area contributed by atoms with Crippen LogP contribution in [0.4, 0.5) is 0 Å². The lowest BCUT2D eigenvalue weighted by Gasteiger charge is -2.17. The maximum absolute atomic E-state index is 12.9. The van der Waals surface area contributed by atoms with Gasteiger partial charge < -0.3 is 5.32 Å². The van der Waals surface area contributed by atoms with Crippen molar-refractivity contribution in [2.45, 2.75) is 13.0 Å². The monoisotopic (exact) mass is 325 g/mol. The van der Waals surface area contributed by atoms with Crippen molar-refractivity contribution in [2.75, 3.05) is 0 Å². The third-order valence-corrected chi connectivity index (χ3v) is 4.67. The van der Waals surface area contributed by atoms with Crippen molar-refractivity contribution in [2.24, 2.45) is 0 Å². The standard InChI is InChI=1S/C23H19NO/c1-16(19-14-6-10-17-8-2-4-12-20(17)19)24-23(25)22-15-7-11-18-9-3-5-13-21(18)22/h2-16H,1H3,(H,24,25)/t16-/m0/s1. The number of amides is 1. The van der Waals surface area contributed by atoms with Crippen molar-refractivity contribution in [3.05, 3.63) is 96.1 Å². The number of carbonyl (C=O) groups excluding carboxylic acids is 1. The molecule has 4 aromatic carbocycles. The zero-order valence-electron chi connectivity index (χ0n) is 14.1. The van der Waals surface area contributed by atoms with E-state index in [9.17, 15) is 4.79 Å². The summed E-state index contributed by atoms with van der Waals surface area (Å²) >= 11 is 0. The maximum atomic E-state index is 12.9. The van der Waals surface area contributed by atoms with Crippen molar-refractivity contribution < 1.29 is 4.79 Å². The first-order valence-electron chi connectivity index (χ1n) is 8.50. The van der Waals surface area contributed by atoms with Crippen molar-refractivity contribution >= 4 is 27.5 Å². The van der Waals surface area contributed by atoms with E-state index in [1.807, 2.05) is 67.6 Å². The van der Waals surface area contributed by atoms with Crippen molar-refractivity contribution in [3.63, 3.8) is 0 Å². The van der Waals surface area contributed by atoms with Crippen LogP contribution in [0.1, 0.15) is 28.9 Å². The van der Waals surface area contributed by atoms with Gasteiger partial charge in [-0.15, -0.1) is 0 Å². The average molecular weight is 325 g/mol. The van der Waals surface area contributed by atoms with E-state index in [1.54, 1.807) is 0 Å². The Hall–Kier alpha value is -3.13. The summed E-state index contributed by atoms with van der Waals surface area (Å²) in [6.07, 6.45) is 0. The molecule has 122 valence electrons. The smallest absolute Gasteiger partial charge is 0.252 e. The van der Waals surface area contributed by atoms with Gasteiger partial charge in [0.1, 0.15) is 0 Å². The van der Waals surface area contributed by atoms with E-state index in [1.165, 1.54) is 10.8 Å². The lowest BCUT2D eigenvalue weighted by atomic mass is 9.99. The highest BCUT2D eigenvalue weighted by Crippen LogP contribution is 2.25. The number of fused-ring (bicyclic) bond motifs is 2. The Balaban J connectivity index is 1.68. The van der Waals surface area contributed by atoms with Crippen molar-refractivity contribution in [3.8, 4) is 0 Å². The Morgan fingerprint density at radius 3 is 2.04 bits per heavy atom. The molecule has 2 heteroatoms. The van der Waals surface area contributed by atoms with Crippen LogP contribution in [0.25, 0.3) is 21.5 Å². The molecule has 0 aliphatic heterocycles. The molecule has 0 unspecified atom stereocenters. The maximum Gasteiger partial charge on any atom is 0.252 e. The van der Waals surface area contributed by atoms with Crippen LogP contribution in [-0.4, -0.2) is 5.91 Å². The van der Waals surface area contributed by atoms with Gasteiger partial charge in [-0.2, -0.15) is 0 Å². The number of hydrogen-bond acceptors (Lipinski definition) is 1. The van der Waals surface area contributed by atoms with E-state index in [4.69, 9.17) is 0 Å². The van der Waals surface area contributed by atoms with E-state index >= 15 is 0 Å². The summed E-state index contributed by atoms with van der Waals surface area (Å²) in [6.45, 7) is 2.03. The molecule has 0 saturated heterocycles. The van der Waals surface area contributed by atoms with Crippen molar-refractivity contribution in [1.29, 1.82) is 0 Å². The van der Waals surface area contributed by atoms with Crippen LogP contribution in [0.3, 0.4) is 0 Å². The summed E-state index contributed by atoms with van der Waals surface area (Å²) in [7, 11) is 0. The molecule has 4 rings (SSSR count). The van der Waals surface area contributed by atoms with Gasteiger partial charge in [0.25, 0.3) is 5.91 Å². The van der Waals surface area contributed by atoms with Gasteiger partial charge in [0.05, 0.1) is 6.04 Å². The molecule has 1 atom stereocenters. The molecule has 0 saturated carbocycles. The fourth-order valence-corrected chi connectivity index (χ4v) is 3.40. The Bertz CT molecular complexity index is 1060. The fourth-order valence-electron chi connectivity index (χ4n) is 3.40. The van der Waals surface area contributed by atoms with Crippen LogP contribution in [0, 0.1) is 0 Å². The second-order valence-corrected chi connectivity index (χ2v) is 6.29. The Kier molecular flexibility index (Phi) is 3.95. The van der Waals surface area contributed by atoms with Crippen LogP contribution in [0.2, 0.25) is 0 Å². The van der Waals surface area contributed by atoms with Gasteiger partial charge in [-0.05, 0) is 40.1 Å². The molecule has 0 spiro atoms. The van der Waals surface area contributed by atoms with Gasteiger partial charge in [0, 0.05) is 5.56 Å². The number of hydrogen-bond donors (Lipinski definition) is 1. The van der Waals surface area contributed by atoms with Crippen LogP contribution >= 0.6 is 0 Å². The zero-order valence-corrected chi connectivity index (χ0v) is 14.1. The highest BCUT2D eigenvalue weighted by Gasteiger charge is 2.15. The highest BCUT2D eigenvalue weighted by molar-refractivity contribution is 6.07. The average Bonchev–Trinajstić information content (AvgIpc) is 2.67. The Morgan fingerprint density at radius 1 is 0.720 bits per heavy atom. The van der Waals surface area contributed by atoms with Gasteiger partial charge in [-0.25, -0.2) is 0 Å². The SMILES string of the molecule is C[C@H](NC(=O)c1cccc2ccccc12)c1cccc2ccccc12. The minimum Gasteiger partial charge on any atom is -0.345 e. The quantitative estimate of drug-likeness (QED) is 0.530. The molecule has 0 aliphatic carbocycles. The first-order valence-corrected chi connectivity index (χ1v) is 8.50. The number of benzene rings is 4. The van der Waals surface area contributed by atoms with Gasteiger partial charge in [0.15, 0.2) is 0 Å². The predicted octanol–water partition coefficient (Wildman–Crippen LogP) is 5.48.